The van der Waals surface area contributed by atoms with Gasteiger partial charge in [0.25, 0.3) is 11.4 Å². The van der Waals surface area contributed by atoms with Crippen LogP contribution in [-0.2, 0) is 6.42 Å². The monoisotopic (exact) mass is 285 g/mol. The SMILES string of the molecule is CC(C)Cc1ccc(-c2noc(-c3ccco3)n2)c(=O)[nH]1. The summed E-state index contributed by atoms with van der Waals surface area (Å²) in [5.41, 5.74) is 1.05. The maximum absolute atomic E-state index is 12.1. The second-order valence-corrected chi connectivity index (χ2v) is 5.22. The van der Waals surface area contributed by atoms with Crippen molar-refractivity contribution in [3.8, 4) is 23.0 Å². The highest BCUT2D eigenvalue weighted by molar-refractivity contribution is 5.56. The minimum atomic E-state index is -0.222. The van der Waals surface area contributed by atoms with Crippen LogP contribution in [0.4, 0.5) is 0 Å². The van der Waals surface area contributed by atoms with Crippen LogP contribution < -0.4 is 5.56 Å². The molecule has 0 unspecified atom stereocenters. The average Bonchev–Trinajstić information content (AvgIpc) is 3.09. The number of hydrogen-bond donors (Lipinski definition) is 1. The van der Waals surface area contributed by atoms with Gasteiger partial charge in [-0.25, -0.2) is 0 Å². The Labute approximate surface area is 120 Å². The molecule has 3 rings (SSSR count). The van der Waals surface area contributed by atoms with Crippen molar-refractivity contribution in [3.63, 3.8) is 0 Å². The van der Waals surface area contributed by atoms with Gasteiger partial charge < -0.3 is 13.9 Å². The molecular weight excluding hydrogens is 270 g/mol. The Hall–Kier alpha value is -2.63. The fourth-order valence-electron chi connectivity index (χ4n) is 2.08. The van der Waals surface area contributed by atoms with Gasteiger partial charge in [-0.2, -0.15) is 4.98 Å². The van der Waals surface area contributed by atoms with E-state index in [0.717, 1.165) is 12.1 Å². The predicted octanol–water partition coefficient (Wildman–Crippen LogP) is 2.88. The molecule has 3 aromatic rings. The summed E-state index contributed by atoms with van der Waals surface area (Å²) in [6.45, 7) is 4.20. The molecule has 3 heterocycles. The summed E-state index contributed by atoms with van der Waals surface area (Å²) in [6.07, 6.45) is 2.34. The fourth-order valence-corrected chi connectivity index (χ4v) is 2.08. The first kappa shape index (κ1) is 13.4. The van der Waals surface area contributed by atoms with Crippen LogP contribution in [0.5, 0.6) is 0 Å². The van der Waals surface area contributed by atoms with Gasteiger partial charge in [0.1, 0.15) is 0 Å². The molecule has 108 valence electrons. The molecule has 0 amide bonds. The van der Waals surface area contributed by atoms with Crippen molar-refractivity contribution in [2.45, 2.75) is 20.3 Å². The van der Waals surface area contributed by atoms with Crippen LogP contribution in [0.2, 0.25) is 0 Å². The van der Waals surface area contributed by atoms with Crippen molar-refractivity contribution < 1.29 is 8.94 Å². The number of pyridine rings is 1. The van der Waals surface area contributed by atoms with E-state index >= 15 is 0 Å². The molecule has 0 atom stereocenters. The van der Waals surface area contributed by atoms with E-state index in [-0.39, 0.29) is 17.3 Å². The number of H-pyrrole nitrogens is 1. The molecule has 6 heteroatoms. The maximum Gasteiger partial charge on any atom is 0.293 e. The highest BCUT2D eigenvalue weighted by Crippen LogP contribution is 2.20. The molecule has 0 fully saturated rings. The second-order valence-electron chi connectivity index (χ2n) is 5.22. The molecule has 0 bridgehead atoms. The number of aromatic nitrogens is 3. The molecule has 0 radical (unpaired) electrons. The summed E-state index contributed by atoms with van der Waals surface area (Å²) >= 11 is 0. The summed E-state index contributed by atoms with van der Waals surface area (Å²) in [5, 5.41) is 3.83. The van der Waals surface area contributed by atoms with Crippen molar-refractivity contribution in [1.29, 1.82) is 0 Å². The number of hydrogen-bond acceptors (Lipinski definition) is 5. The molecule has 0 spiro atoms. The largest absolute Gasteiger partial charge is 0.459 e. The summed E-state index contributed by atoms with van der Waals surface area (Å²) in [4.78, 5) is 19.1. The number of nitrogens with zero attached hydrogens (tertiary/aromatic N) is 2. The third-order valence-electron chi connectivity index (χ3n) is 3.00. The van der Waals surface area contributed by atoms with Gasteiger partial charge in [0.15, 0.2) is 5.76 Å². The summed E-state index contributed by atoms with van der Waals surface area (Å²) in [7, 11) is 0. The Bertz CT molecular complexity index is 785. The van der Waals surface area contributed by atoms with E-state index in [1.54, 1.807) is 18.2 Å². The van der Waals surface area contributed by atoms with Crippen molar-refractivity contribution in [1.82, 2.24) is 15.1 Å². The predicted molar refractivity (Wildman–Crippen MR) is 76.6 cm³/mol. The maximum atomic E-state index is 12.1. The van der Waals surface area contributed by atoms with Gasteiger partial charge in [-0.15, -0.1) is 0 Å². The van der Waals surface area contributed by atoms with Crippen LogP contribution in [0.3, 0.4) is 0 Å². The first-order valence-corrected chi connectivity index (χ1v) is 6.73. The van der Waals surface area contributed by atoms with E-state index in [1.165, 1.54) is 6.26 Å². The van der Waals surface area contributed by atoms with E-state index in [0.29, 0.717) is 17.2 Å². The van der Waals surface area contributed by atoms with Crippen LogP contribution in [-0.4, -0.2) is 15.1 Å². The van der Waals surface area contributed by atoms with Crippen LogP contribution in [0.15, 0.2) is 44.3 Å². The zero-order valence-corrected chi connectivity index (χ0v) is 11.8. The lowest BCUT2D eigenvalue weighted by atomic mass is 10.1. The van der Waals surface area contributed by atoms with Crippen LogP contribution in [0.25, 0.3) is 23.0 Å². The normalized spacial score (nSPS) is 11.2. The number of furan rings is 1. The molecule has 21 heavy (non-hydrogen) atoms. The molecule has 3 aromatic heterocycles. The highest BCUT2D eigenvalue weighted by atomic mass is 16.5. The zero-order valence-electron chi connectivity index (χ0n) is 11.8. The van der Waals surface area contributed by atoms with E-state index in [2.05, 4.69) is 29.0 Å². The van der Waals surface area contributed by atoms with Gasteiger partial charge in [-0.1, -0.05) is 19.0 Å². The van der Waals surface area contributed by atoms with Gasteiger partial charge in [0, 0.05) is 5.69 Å². The molecule has 0 aliphatic carbocycles. The van der Waals surface area contributed by atoms with Crippen molar-refractivity contribution >= 4 is 0 Å². The molecule has 0 saturated carbocycles. The molecule has 0 aliphatic rings. The Morgan fingerprint density at radius 3 is 2.81 bits per heavy atom. The number of nitrogens with one attached hydrogen (secondary N) is 1. The average molecular weight is 285 g/mol. The van der Waals surface area contributed by atoms with Crippen LogP contribution in [0, 0.1) is 5.92 Å². The van der Waals surface area contributed by atoms with E-state index in [1.807, 2.05) is 6.07 Å². The van der Waals surface area contributed by atoms with E-state index in [9.17, 15) is 4.79 Å². The minimum absolute atomic E-state index is 0.222. The van der Waals surface area contributed by atoms with E-state index in [4.69, 9.17) is 8.94 Å². The topological polar surface area (TPSA) is 84.9 Å². The third-order valence-corrected chi connectivity index (χ3v) is 3.00. The van der Waals surface area contributed by atoms with Crippen molar-refractivity contribution in [2.75, 3.05) is 0 Å². The lowest BCUT2D eigenvalue weighted by Crippen LogP contribution is -2.13. The first-order valence-electron chi connectivity index (χ1n) is 6.73. The van der Waals surface area contributed by atoms with Crippen LogP contribution >= 0.6 is 0 Å². The lowest BCUT2D eigenvalue weighted by Gasteiger charge is -2.04. The number of rotatable bonds is 4. The molecule has 0 aliphatic heterocycles. The quantitative estimate of drug-likeness (QED) is 0.796. The van der Waals surface area contributed by atoms with Crippen molar-refractivity contribution in [3.05, 3.63) is 46.6 Å². The fraction of sp³-hybridized carbons (Fsp3) is 0.267. The summed E-state index contributed by atoms with van der Waals surface area (Å²) in [5.74, 6) is 1.45. The van der Waals surface area contributed by atoms with Gasteiger partial charge >= 0.3 is 0 Å². The molecule has 6 nitrogen and oxygen atoms in total. The van der Waals surface area contributed by atoms with Gasteiger partial charge in [-0.3, -0.25) is 4.79 Å². The second kappa shape index (κ2) is 5.40. The number of aromatic amines is 1. The minimum Gasteiger partial charge on any atom is -0.459 e. The smallest absolute Gasteiger partial charge is 0.293 e. The zero-order chi connectivity index (χ0) is 14.8. The van der Waals surface area contributed by atoms with E-state index < -0.39 is 0 Å². The van der Waals surface area contributed by atoms with Crippen molar-refractivity contribution in [2.24, 2.45) is 5.92 Å². The molecule has 0 saturated heterocycles. The standard InChI is InChI=1S/C15H15N3O3/c1-9(2)8-10-5-6-11(14(19)16-10)13-17-15(21-18-13)12-4-3-7-20-12/h3-7,9H,8H2,1-2H3,(H,16,19). The van der Waals surface area contributed by atoms with Gasteiger partial charge in [0.2, 0.25) is 5.82 Å². The highest BCUT2D eigenvalue weighted by Gasteiger charge is 2.15. The Kier molecular flexibility index (Phi) is 3.43. The van der Waals surface area contributed by atoms with Gasteiger partial charge in [-0.05, 0) is 36.6 Å². The van der Waals surface area contributed by atoms with Crippen LogP contribution in [0.1, 0.15) is 19.5 Å². The Balaban J connectivity index is 1.92. The summed E-state index contributed by atoms with van der Waals surface area (Å²) in [6, 6.07) is 7.03. The summed E-state index contributed by atoms with van der Waals surface area (Å²) < 4.78 is 10.3. The lowest BCUT2D eigenvalue weighted by molar-refractivity contribution is 0.417. The Morgan fingerprint density at radius 2 is 2.14 bits per heavy atom. The first-order chi connectivity index (χ1) is 10.1. The molecule has 0 aromatic carbocycles. The molecular formula is C15H15N3O3. The Morgan fingerprint density at radius 1 is 1.29 bits per heavy atom. The third kappa shape index (κ3) is 2.79. The molecule has 1 N–H and O–H groups in total. The van der Waals surface area contributed by atoms with Gasteiger partial charge in [0.05, 0.1) is 11.8 Å².